The van der Waals surface area contributed by atoms with Crippen LogP contribution in [0, 0.1) is 0 Å². The number of amides is 2. The molecule has 2 aliphatic heterocycles. The Hall–Kier alpha value is -1.37. The predicted molar refractivity (Wildman–Crippen MR) is 69.9 cm³/mol. The molecule has 2 atom stereocenters. The van der Waals surface area contributed by atoms with Gasteiger partial charge in [-0.15, -0.1) is 0 Å². The minimum atomic E-state index is -3.20. The number of nitrogens with zero attached hydrogens (tertiary/aromatic N) is 1. The van der Waals surface area contributed by atoms with E-state index in [4.69, 9.17) is 0 Å². The molecular weight excluding hydrogens is 268 g/mol. The summed E-state index contributed by atoms with van der Waals surface area (Å²) in [4.78, 5) is 25.5. The average molecular weight is 286 g/mol. The Morgan fingerprint density at radius 3 is 2.74 bits per heavy atom. The molecule has 2 unspecified atom stereocenters. The number of hydrogen-bond acceptors (Lipinski definition) is 4. The van der Waals surface area contributed by atoms with Crippen LogP contribution >= 0.6 is 0 Å². The Labute approximate surface area is 112 Å². The van der Waals surface area contributed by atoms with Crippen LogP contribution in [0.1, 0.15) is 26.2 Å². The highest BCUT2D eigenvalue weighted by molar-refractivity contribution is 7.94. The van der Waals surface area contributed by atoms with Crippen molar-refractivity contribution in [3.05, 3.63) is 11.5 Å². The van der Waals surface area contributed by atoms with E-state index in [1.165, 1.54) is 11.0 Å². The third-order valence-corrected chi connectivity index (χ3v) is 4.76. The zero-order chi connectivity index (χ0) is 14.0. The summed E-state index contributed by atoms with van der Waals surface area (Å²) in [5.74, 6) is -0.412. The molecule has 1 N–H and O–H groups in total. The summed E-state index contributed by atoms with van der Waals surface area (Å²) in [6.45, 7) is 2.21. The Morgan fingerprint density at radius 2 is 2.16 bits per heavy atom. The second-order valence-electron chi connectivity index (χ2n) is 4.92. The number of carbonyl (C=O) groups is 2. The van der Waals surface area contributed by atoms with Crippen LogP contribution in [0.3, 0.4) is 0 Å². The number of hydrogen-bond donors (Lipinski definition) is 1. The summed E-state index contributed by atoms with van der Waals surface area (Å²) in [5, 5.41) is 3.85. The van der Waals surface area contributed by atoms with Gasteiger partial charge in [0.05, 0.1) is 11.8 Å². The van der Waals surface area contributed by atoms with Crippen LogP contribution in [0.25, 0.3) is 0 Å². The van der Waals surface area contributed by atoms with Gasteiger partial charge >= 0.3 is 0 Å². The van der Waals surface area contributed by atoms with E-state index in [2.05, 4.69) is 5.32 Å². The lowest BCUT2D eigenvalue weighted by atomic mass is 10.1. The quantitative estimate of drug-likeness (QED) is 0.779. The van der Waals surface area contributed by atoms with Gasteiger partial charge in [-0.25, -0.2) is 8.42 Å². The molecule has 2 rings (SSSR count). The minimum absolute atomic E-state index is 0.0776. The molecule has 2 aliphatic rings. The number of carbonyl (C=O) groups excluding carboxylic acids is 2. The van der Waals surface area contributed by atoms with E-state index in [-0.39, 0.29) is 30.5 Å². The fourth-order valence-corrected chi connectivity index (χ4v) is 3.73. The van der Waals surface area contributed by atoms with Gasteiger partial charge < -0.3 is 10.2 Å². The Kier molecular flexibility index (Phi) is 3.93. The molecule has 6 nitrogen and oxygen atoms in total. The van der Waals surface area contributed by atoms with Crippen LogP contribution in [-0.4, -0.2) is 49.5 Å². The van der Waals surface area contributed by atoms with Crippen molar-refractivity contribution in [1.82, 2.24) is 10.2 Å². The fourth-order valence-electron chi connectivity index (χ4n) is 2.43. The van der Waals surface area contributed by atoms with Crippen molar-refractivity contribution in [2.75, 3.05) is 12.3 Å². The first-order chi connectivity index (χ1) is 8.93. The van der Waals surface area contributed by atoms with Crippen LogP contribution in [0.4, 0.5) is 0 Å². The van der Waals surface area contributed by atoms with E-state index in [9.17, 15) is 18.0 Å². The van der Waals surface area contributed by atoms with Crippen LogP contribution in [-0.2, 0) is 19.4 Å². The van der Waals surface area contributed by atoms with Crippen molar-refractivity contribution in [3.63, 3.8) is 0 Å². The molecule has 0 aromatic rings. The second kappa shape index (κ2) is 5.32. The smallest absolute Gasteiger partial charge is 0.245 e. The summed E-state index contributed by atoms with van der Waals surface area (Å²) < 4.78 is 22.9. The fraction of sp³-hybridized carbons (Fsp3) is 0.667. The van der Waals surface area contributed by atoms with E-state index in [0.29, 0.717) is 6.42 Å². The van der Waals surface area contributed by atoms with Gasteiger partial charge in [0, 0.05) is 18.4 Å². The van der Waals surface area contributed by atoms with Crippen molar-refractivity contribution in [2.45, 2.75) is 38.3 Å². The van der Waals surface area contributed by atoms with Crippen LogP contribution in [0.5, 0.6) is 0 Å². The highest BCUT2D eigenvalue weighted by atomic mass is 32.2. The lowest BCUT2D eigenvalue weighted by Gasteiger charge is -2.28. The first kappa shape index (κ1) is 14.0. The van der Waals surface area contributed by atoms with E-state index in [1.54, 1.807) is 0 Å². The highest BCUT2D eigenvalue weighted by Crippen LogP contribution is 2.18. The molecule has 2 amide bonds. The molecule has 7 heteroatoms. The molecule has 0 saturated carbocycles. The van der Waals surface area contributed by atoms with Gasteiger partial charge in [0.1, 0.15) is 6.04 Å². The van der Waals surface area contributed by atoms with Gasteiger partial charge in [-0.2, -0.15) is 0 Å². The molecule has 1 fully saturated rings. The van der Waals surface area contributed by atoms with Gasteiger partial charge in [-0.1, -0.05) is 13.3 Å². The Balaban J connectivity index is 2.17. The number of rotatable bonds is 3. The molecule has 19 heavy (non-hydrogen) atoms. The lowest BCUT2D eigenvalue weighted by Crippen LogP contribution is -2.48. The average Bonchev–Trinajstić information content (AvgIpc) is 2.62. The van der Waals surface area contributed by atoms with Gasteiger partial charge in [0.25, 0.3) is 0 Å². The molecule has 106 valence electrons. The Morgan fingerprint density at radius 1 is 1.42 bits per heavy atom. The van der Waals surface area contributed by atoms with Crippen LogP contribution in [0.2, 0.25) is 0 Å². The molecule has 0 bridgehead atoms. The predicted octanol–water partition coefficient (Wildman–Crippen LogP) is -0.186. The van der Waals surface area contributed by atoms with Crippen molar-refractivity contribution < 1.29 is 18.0 Å². The van der Waals surface area contributed by atoms with Crippen molar-refractivity contribution >= 4 is 21.7 Å². The maximum atomic E-state index is 12.4. The Bertz CT molecular complexity index is 512. The van der Waals surface area contributed by atoms with E-state index < -0.39 is 21.9 Å². The van der Waals surface area contributed by atoms with E-state index in [1.807, 2.05) is 6.92 Å². The van der Waals surface area contributed by atoms with Gasteiger partial charge in [0.2, 0.25) is 11.8 Å². The minimum Gasteiger partial charge on any atom is -0.344 e. The zero-order valence-electron chi connectivity index (χ0n) is 10.8. The SMILES string of the molecule is CCCC1NC(=O)CCN(C2C=CS(=O)(=O)C2)C1=O. The molecule has 0 spiro atoms. The number of nitrogens with one attached hydrogen (secondary N) is 1. The first-order valence-electron chi connectivity index (χ1n) is 6.44. The third kappa shape index (κ3) is 3.15. The van der Waals surface area contributed by atoms with Crippen LogP contribution in [0.15, 0.2) is 11.5 Å². The maximum Gasteiger partial charge on any atom is 0.245 e. The monoisotopic (exact) mass is 286 g/mol. The zero-order valence-corrected chi connectivity index (χ0v) is 11.6. The van der Waals surface area contributed by atoms with Crippen LogP contribution < -0.4 is 5.32 Å². The van der Waals surface area contributed by atoms with E-state index in [0.717, 1.165) is 11.8 Å². The lowest BCUT2D eigenvalue weighted by molar-refractivity contribution is -0.134. The van der Waals surface area contributed by atoms with Gasteiger partial charge in [0.15, 0.2) is 9.84 Å². The molecule has 0 aromatic carbocycles. The number of sulfone groups is 1. The molecule has 0 aliphatic carbocycles. The molecule has 0 aromatic heterocycles. The summed E-state index contributed by atoms with van der Waals surface area (Å²) >= 11 is 0. The molecule has 2 heterocycles. The van der Waals surface area contributed by atoms with Gasteiger partial charge in [-0.05, 0) is 12.5 Å². The second-order valence-corrected chi connectivity index (χ2v) is 6.85. The summed E-state index contributed by atoms with van der Waals surface area (Å²) in [7, 11) is -3.20. The summed E-state index contributed by atoms with van der Waals surface area (Å²) in [6, 6.07) is -0.971. The summed E-state index contributed by atoms with van der Waals surface area (Å²) in [6.07, 6.45) is 3.11. The maximum absolute atomic E-state index is 12.4. The first-order valence-corrected chi connectivity index (χ1v) is 8.15. The van der Waals surface area contributed by atoms with Crippen molar-refractivity contribution in [2.24, 2.45) is 0 Å². The van der Waals surface area contributed by atoms with Crippen molar-refractivity contribution in [3.8, 4) is 0 Å². The molecule has 1 saturated heterocycles. The standard InChI is InChI=1S/C12H18N2O4S/c1-2-3-10-12(16)14(6-4-11(15)13-10)9-5-7-19(17,18)8-9/h5,7,9-10H,2-4,6,8H2,1H3,(H,13,15). The topological polar surface area (TPSA) is 83.6 Å². The normalized spacial score (nSPS) is 30.3. The summed E-state index contributed by atoms with van der Waals surface area (Å²) in [5.41, 5.74) is 0. The third-order valence-electron chi connectivity index (χ3n) is 3.38. The largest absolute Gasteiger partial charge is 0.344 e. The molecular formula is C12H18N2O4S. The molecule has 0 radical (unpaired) electrons. The van der Waals surface area contributed by atoms with Crippen molar-refractivity contribution in [1.29, 1.82) is 0 Å². The van der Waals surface area contributed by atoms with Gasteiger partial charge in [-0.3, -0.25) is 9.59 Å². The highest BCUT2D eigenvalue weighted by Gasteiger charge is 2.36. The van der Waals surface area contributed by atoms with E-state index >= 15 is 0 Å².